The molecule has 0 saturated carbocycles. The Kier molecular flexibility index (Phi) is 30.7. The van der Waals surface area contributed by atoms with Crippen LogP contribution < -0.4 is 15.3 Å². The van der Waals surface area contributed by atoms with Crippen LogP contribution in [-0.4, -0.2) is 35.3 Å². The van der Waals surface area contributed by atoms with Crippen molar-refractivity contribution in [3.63, 3.8) is 0 Å². The molecule has 0 unspecified atom stereocenters. The number of ketones is 3. The Morgan fingerprint density at radius 2 is 0.619 bits per heavy atom. The quantitative estimate of drug-likeness (QED) is 0.281. The second-order valence-electron chi connectivity index (χ2n) is 2.53. The number of rotatable bonds is 3. The van der Waals surface area contributed by atoms with Gasteiger partial charge in [-0.1, -0.05) is 0 Å². The minimum atomic E-state index is -1.63. The molecule has 0 aliphatic heterocycles. The van der Waals surface area contributed by atoms with Gasteiger partial charge in [0.2, 0.25) is 0 Å². The molecule has 0 N–H and O–H groups in total. The maximum atomic E-state index is 9.48. The summed E-state index contributed by atoms with van der Waals surface area (Å²) in [7, 11) is 0. The maximum Gasteiger partial charge on any atom is 4.00 e. The molecule has 9 nitrogen and oxygen atoms in total. The van der Waals surface area contributed by atoms with Gasteiger partial charge in [0.15, 0.2) is 17.3 Å². The van der Waals surface area contributed by atoms with Gasteiger partial charge in [0.1, 0.15) is 17.9 Å². The summed E-state index contributed by atoms with van der Waals surface area (Å²) in [6.45, 7) is 7.82. The van der Waals surface area contributed by atoms with Crippen molar-refractivity contribution >= 4 is 35.3 Å². The first-order chi connectivity index (χ1) is 8.93. The van der Waals surface area contributed by atoms with Crippen LogP contribution in [0, 0.1) is 6.92 Å². The van der Waals surface area contributed by atoms with Crippen LogP contribution in [0.15, 0.2) is 0 Å². The van der Waals surface area contributed by atoms with E-state index in [4.69, 9.17) is 0 Å². The van der Waals surface area contributed by atoms with Gasteiger partial charge in [-0.25, -0.2) is 0 Å². The first-order valence-corrected chi connectivity index (χ1v) is 4.79. The van der Waals surface area contributed by atoms with E-state index < -0.39 is 35.3 Å². The minimum Gasteiger partial charge on any atom is -0.542 e. The predicted molar refractivity (Wildman–Crippen MR) is 58.1 cm³/mol. The summed E-state index contributed by atoms with van der Waals surface area (Å²) in [5.41, 5.74) is 0. The molecular weight excluding hydrogens is 324 g/mol. The molecule has 0 aliphatic rings. The Labute approximate surface area is 136 Å². The van der Waals surface area contributed by atoms with E-state index in [1.807, 2.05) is 0 Å². The van der Waals surface area contributed by atoms with Crippen molar-refractivity contribution < 1.29 is 65.8 Å². The van der Waals surface area contributed by atoms with Crippen LogP contribution in [0.3, 0.4) is 0 Å². The molecule has 0 fully saturated rings. The zero-order valence-electron chi connectivity index (χ0n) is 11.9. The molecule has 0 heterocycles. The third-order valence-corrected chi connectivity index (χ3v) is 0.862. The number of carbonyl (C=O) groups is 6. The van der Waals surface area contributed by atoms with Gasteiger partial charge in [-0.05, 0) is 0 Å². The summed E-state index contributed by atoms with van der Waals surface area (Å²) in [4.78, 5) is 56.2. The summed E-state index contributed by atoms with van der Waals surface area (Å²) < 4.78 is 0. The van der Waals surface area contributed by atoms with Crippen molar-refractivity contribution in [3.8, 4) is 0 Å². The molecule has 0 radical (unpaired) electrons. The average molecular weight is 338 g/mol. The van der Waals surface area contributed by atoms with E-state index in [0.29, 0.717) is 0 Å². The van der Waals surface area contributed by atoms with Gasteiger partial charge in [0, 0.05) is 20.8 Å². The first kappa shape index (κ1) is 31.5. The monoisotopic (exact) mass is 338 g/mol. The molecule has 0 bridgehead atoms. The molecular formula is C11H14O9Ti. The van der Waals surface area contributed by atoms with E-state index >= 15 is 0 Å². The standard InChI is InChI=1S/3C3H4O3.C2H5.Ti/c3*1-2(4)3(5)6;1-2;/h3*1H3,(H,5,6);1H2,2H3;/q;;;-1;+4/p-3. The van der Waals surface area contributed by atoms with Crippen LogP contribution in [0.25, 0.3) is 0 Å². The smallest absolute Gasteiger partial charge is 0.542 e. The largest absolute Gasteiger partial charge is 4.00 e. The van der Waals surface area contributed by atoms with Gasteiger partial charge in [-0.3, -0.25) is 14.4 Å². The Hall–Kier alpha value is -1.87. The maximum absolute atomic E-state index is 9.48. The molecule has 0 aromatic carbocycles. The van der Waals surface area contributed by atoms with Crippen molar-refractivity contribution in [1.82, 2.24) is 0 Å². The molecule has 116 valence electrons. The number of carboxylic acid groups (broad SMARTS) is 3. The van der Waals surface area contributed by atoms with E-state index in [0.717, 1.165) is 20.8 Å². The van der Waals surface area contributed by atoms with Gasteiger partial charge >= 0.3 is 21.7 Å². The van der Waals surface area contributed by atoms with Crippen LogP contribution in [-0.2, 0) is 50.5 Å². The molecule has 0 atom stereocenters. The fourth-order valence-corrected chi connectivity index (χ4v) is 0. The summed E-state index contributed by atoms with van der Waals surface area (Å²) in [6, 6.07) is 0. The predicted octanol–water partition coefficient (Wildman–Crippen LogP) is -4.19. The Bertz CT molecular complexity index is 281. The van der Waals surface area contributed by atoms with Gasteiger partial charge in [-0.2, -0.15) is 6.92 Å². The molecule has 0 aliphatic carbocycles. The summed E-state index contributed by atoms with van der Waals surface area (Å²) >= 11 is 0. The van der Waals surface area contributed by atoms with Crippen LogP contribution in [0.1, 0.15) is 27.7 Å². The third-order valence-electron chi connectivity index (χ3n) is 0.862. The number of hydrogen-bond donors (Lipinski definition) is 0. The van der Waals surface area contributed by atoms with Crippen LogP contribution >= 0.6 is 0 Å². The Balaban J connectivity index is -0.0000000561. The molecule has 21 heavy (non-hydrogen) atoms. The number of Topliss-reactive ketones (excluding diaryl/α,β-unsaturated/α-hetero) is 3. The van der Waals surface area contributed by atoms with Crippen molar-refractivity contribution in [2.75, 3.05) is 0 Å². The summed E-state index contributed by atoms with van der Waals surface area (Å²) in [5, 5.41) is 27.7. The molecule has 10 heteroatoms. The fraction of sp³-hybridized carbons (Fsp3) is 0.364. The van der Waals surface area contributed by atoms with E-state index in [9.17, 15) is 44.1 Å². The van der Waals surface area contributed by atoms with E-state index in [-0.39, 0.29) is 21.7 Å². The average Bonchev–Trinajstić information content (AvgIpc) is 2.32. The van der Waals surface area contributed by atoms with Crippen LogP contribution in [0.4, 0.5) is 0 Å². The second-order valence-corrected chi connectivity index (χ2v) is 2.53. The summed E-state index contributed by atoms with van der Waals surface area (Å²) in [5.74, 6) is -7.69. The third kappa shape index (κ3) is 46.0. The summed E-state index contributed by atoms with van der Waals surface area (Å²) in [6.07, 6.45) is 0. The van der Waals surface area contributed by atoms with Gasteiger partial charge in [-0.15, -0.1) is 0 Å². The topological polar surface area (TPSA) is 172 Å². The van der Waals surface area contributed by atoms with E-state index in [1.165, 1.54) is 0 Å². The molecule has 0 aromatic heterocycles. The SMILES string of the molecule is CC(=O)C(=O)[O-].CC(=O)C(=O)[O-].CC(=O)C(=O)[O-].[CH2-]C.[Ti+4]. The van der Waals surface area contributed by atoms with E-state index in [1.54, 1.807) is 6.92 Å². The van der Waals surface area contributed by atoms with Gasteiger partial charge < -0.3 is 36.6 Å². The number of carboxylic acids is 3. The molecule has 0 amide bonds. The van der Waals surface area contributed by atoms with Crippen molar-refractivity contribution in [2.45, 2.75) is 27.7 Å². The minimum absolute atomic E-state index is 0. The van der Waals surface area contributed by atoms with Gasteiger partial charge in [0.25, 0.3) is 0 Å². The second kappa shape index (κ2) is 20.5. The Morgan fingerprint density at radius 3 is 0.619 bits per heavy atom. The van der Waals surface area contributed by atoms with Crippen molar-refractivity contribution in [1.29, 1.82) is 0 Å². The Morgan fingerprint density at radius 1 is 0.571 bits per heavy atom. The molecule has 0 spiro atoms. The normalized spacial score (nSPS) is 6.71. The number of carbonyl (C=O) groups excluding carboxylic acids is 6. The van der Waals surface area contributed by atoms with Crippen molar-refractivity contribution in [3.05, 3.63) is 6.92 Å². The zero-order valence-corrected chi connectivity index (χ0v) is 13.4. The zero-order chi connectivity index (χ0) is 17.5. The molecule has 0 aromatic rings. The van der Waals surface area contributed by atoms with E-state index in [2.05, 4.69) is 6.92 Å². The van der Waals surface area contributed by atoms with Crippen LogP contribution in [0.2, 0.25) is 0 Å². The van der Waals surface area contributed by atoms with Crippen molar-refractivity contribution in [2.24, 2.45) is 0 Å². The van der Waals surface area contributed by atoms with Gasteiger partial charge in [0.05, 0.1) is 0 Å². The van der Waals surface area contributed by atoms with Crippen LogP contribution in [0.5, 0.6) is 0 Å². The molecule has 0 rings (SSSR count). The first-order valence-electron chi connectivity index (χ1n) is 4.79. The molecule has 0 saturated heterocycles. The number of aliphatic carboxylic acids is 3. The number of hydrogen-bond acceptors (Lipinski definition) is 9. The fourth-order valence-electron chi connectivity index (χ4n) is 0.